The predicted octanol–water partition coefficient (Wildman–Crippen LogP) is 3.42. The van der Waals surface area contributed by atoms with E-state index in [-0.39, 0.29) is 23.8 Å². The molecule has 2 N–H and O–H groups in total. The number of amides is 1. The molecule has 2 fully saturated rings. The summed E-state index contributed by atoms with van der Waals surface area (Å²) in [7, 11) is -3.46. The van der Waals surface area contributed by atoms with Crippen LogP contribution in [-0.4, -0.2) is 85.5 Å². The highest BCUT2D eigenvalue weighted by molar-refractivity contribution is 9.10. The van der Waals surface area contributed by atoms with Gasteiger partial charge in [0.05, 0.1) is 18.0 Å². The number of rotatable bonds is 4. The minimum atomic E-state index is -3.46. The van der Waals surface area contributed by atoms with Crippen LogP contribution >= 0.6 is 27.5 Å². The van der Waals surface area contributed by atoms with Gasteiger partial charge in [-0.15, -0.1) is 0 Å². The van der Waals surface area contributed by atoms with Crippen molar-refractivity contribution in [2.24, 2.45) is 5.92 Å². The molecule has 2 aliphatic heterocycles. The Morgan fingerprint density at radius 3 is 2.46 bits per heavy atom. The van der Waals surface area contributed by atoms with Crippen LogP contribution in [0.4, 0.5) is 0 Å². The Kier molecular flexibility index (Phi) is 8.51. The molecule has 210 valence electrons. The van der Waals surface area contributed by atoms with Gasteiger partial charge in [-0.2, -0.15) is 0 Å². The van der Waals surface area contributed by atoms with Crippen LogP contribution in [0.15, 0.2) is 34.9 Å². The van der Waals surface area contributed by atoms with Gasteiger partial charge in [0.25, 0.3) is 0 Å². The Labute approximate surface area is 243 Å². The third kappa shape index (κ3) is 6.75. The largest absolute Gasteiger partial charge is 0.342 e. The number of carbonyl (C=O) groups excluding carboxylic acids is 1. The molecule has 0 radical (unpaired) electrons. The van der Waals surface area contributed by atoms with Crippen LogP contribution in [0.25, 0.3) is 0 Å². The Morgan fingerprint density at radius 2 is 1.77 bits per heavy atom. The number of carbonyl (C=O) groups is 1. The van der Waals surface area contributed by atoms with Crippen LogP contribution in [0.1, 0.15) is 47.7 Å². The Balaban J connectivity index is 1.21. The fourth-order valence-electron chi connectivity index (χ4n) is 5.99. The quantitative estimate of drug-likeness (QED) is 0.393. The first-order valence-corrected chi connectivity index (χ1v) is 16.4. The van der Waals surface area contributed by atoms with E-state index in [1.54, 1.807) is 4.90 Å². The van der Waals surface area contributed by atoms with Crippen molar-refractivity contribution in [2.75, 3.05) is 45.5 Å². The first-order valence-electron chi connectivity index (χ1n) is 13.3. The summed E-state index contributed by atoms with van der Waals surface area (Å²) in [6.07, 6.45) is 6.76. The summed E-state index contributed by atoms with van der Waals surface area (Å²) in [6.45, 7) is 4.02. The molecule has 9 nitrogen and oxygen atoms in total. The third-order valence-corrected chi connectivity index (χ3v) is 9.23. The van der Waals surface area contributed by atoms with Crippen molar-refractivity contribution in [1.29, 1.82) is 5.41 Å². The van der Waals surface area contributed by atoms with Crippen molar-refractivity contribution < 1.29 is 13.2 Å². The van der Waals surface area contributed by atoms with Crippen molar-refractivity contribution >= 4 is 49.4 Å². The lowest BCUT2D eigenvalue weighted by molar-refractivity contribution is -0.134. The predicted molar refractivity (Wildman–Crippen MR) is 155 cm³/mol. The molecule has 1 aromatic heterocycles. The molecule has 1 unspecified atom stereocenters. The molecule has 1 aliphatic carbocycles. The fourth-order valence-corrected chi connectivity index (χ4v) is 7.04. The standard InChI is InChI=1S/C27H34BrClN6O3S/c1-39(37,38)32-27(30)35-8-6-18(7-9-35)14-24(36)33-10-12-34(13-11-33)26-23-5-4-22(29)16-19(23)2-3-20-15-21(28)17-31-25(20)26/h4-5,15-18,26H,2-3,6-14H2,1H3,(H2,30,32). The maximum Gasteiger partial charge on any atom is 0.232 e. The number of piperidine rings is 1. The summed E-state index contributed by atoms with van der Waals surface area (Å²) in [5, 5.41) is 8.73. The number of guanidine groups is 1. The third-order valence-electron chi connectivity index (χ3n) is 8.00. The summed E-state index contributed by atoms with van der Waals surface area (Å²) in [5.41, 5.74) is 4.83. The van der Waals surface area contributed by atoms with Crippen molar-refractivity contribution in [3.05, 3.63) is 62.3 Å². The number of sulfonamides is 1. The SMILES string of the molecule is CS(=O)(=O)NC(=N)N1CCC(CC(=O)N2CCN(C3c4ccc(Cl)cc4CCc4cc(Br)cnc43)CC2)CC1. The summed E-state index contributed by atoms with van der Waals surface area (Å²) in [6, 6.07) is 8.37. The van der Waals surface area contributed by atoms with Crippen LogP contribution < -0.4 is 4.72 Å². The zero-order valence-corrected chi connectivity index (χ0v) is 25.2. The van der Waals surface area contributed by atoms with Gasteiger partial charge in [0.1, 0.15) is 0 Å². The van der Waals surface area contributed by atoms with E-state index in [4.69, 9.17) is 22.0 Å². The van der Waals surface area contributed by atoms with E-state index in [9.17, 15) is 13.2 Å². The number of halogens is 2. The second kappa shape index (κ2) is 11.7. The number of nitrogens with zero attached hydrogens (tertiary/aromatic N) is 4. The number of fused-ring (bicyclic) bond motifs is 2. The molecule has 0 saturated carbocycles. The fraction of sp³-hybridized carbons (Fsp3) is 0.519. The summed E-state index contributed by atoms with van der Waals surface area (Å²) >= 11 is 9.94. The normalized spacial score (nSPS) is 20.6. The van der Waals surface area contributed by atoms with Crippen LogP contribution in [0.2, 0.25) is 5.02 Å². The second-order valence-electron chi connectivity index (χ2n) is 10.7. The molecule has 0 bridgehead atoms. The van der Waals surface area contributed by atoms with E-state index in [0.29, 0.717) is 32.6 Å². The molecule has 1 aromatic carbocycles. The highest BCUT2D eigenvalue weighted by Gasteiger charge is 2.34. The molecule has 12 heteroatoms. The average Bonchev–Trinajstić information content (AvgIpc) is 3.04. The molecule has 3 heterocycles. The minimum absolute atomic E-state index is 0.0281. The number of hydrogen-bond donors (Lipinski definition) is 2. The van der Waals surface area contributed by atoms with Gasteiger partial charge in [-0.3, -0.25) is 24.8 Å². The second-order valence-corrected chi connectivity index (χ2v) is 13.8. The lowest BCUT2D eigenvalue weighted by Gasteiger charge is -2.40. The first kappa shape index (κ1) is 28.3. The maximum absolute atomic E-state index is 13.2. The number of aromatic nitrogens is 1. The summed E-state index contributed by atoms with van der Waals surface area (Å²) < 4.78 is 26.0. The van der Waals surface area contributed by atoms with Gasteiger partial charge < -0.3 is 9.80 Å². The zero-order valence-electron chi connectivity index (χ0n) is 22.0. The molecule has 1 amide bonds. The van der Waals surface area contributed by atoms with Crippen LogP contribution in [-0.2, 0) is 27.7 Å². The van der Waals surface area contributed by atoms with Crippen molar-refractivity contribution in [1.82, 2.24) is 24.4 Å². The maximum atomic E-state index is 13.2. The zero-order chi connectivity index (χ0) is 27.7. The molecule has 3 aliphatic rings. The summed E-state index contributed by atoms with van der Waals surface area (Å²) in [5.74, 6) is 0.322. The van der Waals surface area contributed by atoms with E-state index in [0.717, 1.165) is 60.2 Å². The molecule has 1 atom stereocenters. The smallest absolute Gasteiger partial charge is 0.232 e. The van der Waals surface area contributed by atoms with Gasteiger partial charge in [0, 0.05) is 61.4 Å². The molecule has 2 saturated heterocycles. The lowest BCUT2D eigenvalue weighted by atomic mass is 9.93. The van der Waals surface area contributed by atoms with E-state index in [1.165, 1.54) is 16.7 Å². The van der Waals surface area contributed by atoms with Crippen LogP contribution in [0.5, 0.6) is 0 Å². The van der Waals surface area contributed by atoms with Gasteiger partial charge in [-0.25, -0.2) is 8.42 Å². The first-order chi connectivity index (χ1) is 18.6. The molecular weight excluding hydrogens is 604 g/mol. The Bertz CT molecular complexity index is 1300. The van der Waals surface area contributed by atoms with E-state index < -0.39 is 10.0 Å². The van der Waals surface area contributed by atoms with Gasteiger partial charge in [-0.05, 0) is 82.4 Å². The monoisotopic (exact) mass is 636 g/mol. The number of likely N-dealkylation sites (tertiary alicyclic amines) is 1. The van der Waals surface area contributed by atoms with Gasteiger partial charge >= 0.3 is 0 Å². The van der Waals surface area contributed by atoms with E-state index in [1.807, 2.05) is 17.2 Å². The number of pyridine rings is 1. The van der Waals surface area contributed by atoms with Crippen molar-refractivity contribution in [3.8, 4) is 0 Å². The molecule has 39 heavy (non-hydrogen) atoms. The Hall–Kier alpha value is -2.21. The van der Waals surface area contributed by atoms with Gasteiger partial charge in [-0.1, -0.05) is 17.7 Å². The number of piperazine rings is 1. The van der Waals surface area contributed by atoms with Gasteiger partial charge in [0.15, 0.2) is 0 Å². The number of aryl methyl sites for hydroxylation is 2. The summed E-state index contributed by atoms with van der Waals surface area (Å²) in [4.78, 5) is 24.2. The number of benzene rings is 1. The molecule has 2 aromatic rings. The average molecular weight is 638 g/mol. The molecule has 5 rings (SSSR count). The van der Waals surface area contributed by atoms with Crippen molar-refractivity contribution in [2.45, 2.75) is 38.1 Å². The van der Waals surface area contributed by atoms with Crippen LogP contribution in [0.3, 0.4) is 0 Å². The molecule has 0 spiro atoms. The van der Waals surface area contributed by atoms with Crippen LogP contribution in [0, 0.1) is 11.3 Å². The van der Waals surface area contributed by atoms with Crippen molar-refractivity contribution in [3.63, 3.8) is 0 Å². The highest BCUT2D eigenvalue weighted by Crippen LogP contribution is 2.38. The topological polar surface area (TPSA) is 110 Å². The van der Waals surface area contributed by atoms with E-state index >= 15 is 0 Å². The number of nitrogens with one attached hydrogen (secondary N) is 2. The van der Waals surface area contributed by atoms with Gasteiger partial charge in [0.2, 0.25) is 21.9 Å². The number of hydrogen-bond acceptors (Lipinski definition) is 6. The lowest BCUT2D eigenvalue weighted by Crippen LogP contribution is -2.51. The molecular formula is C27H34BrClN6O3S. The van der Waals surface area contributed by atoms with E-state index in [2.05, 4.69) is 43.8 Å². The minimum Gasteiger partial charge on any atom is -0.342 e. The Morgan fingerprint density at radius 1 is 1.08 bits per heavy atom. The highest BCUT2D eigenvalue weighted by atomic mass is 79.9.